The van der Waals surface area contributed by atoms with Crippen molar-refractivity contribution < 1.29 is 9.53 Å². The number of ether oxygens (including phenoxy) is 1. The molecule has 0 aromatic carbocycles. The molecular weight excluding hydrogens is 320 g/mol. The van der Waals surface area contributed by atoms with Crippen LogP contribution in [0.25, 0.3) is 0 Å². The second kappa shape index (κ2) is 6.07. The first-order valence-corrected chi connectivity index (χ1v) is 9.71. The summed E-state index contributed by atoms with van der Waals surface area (Å²) in [7, 11) is 1.38. The van der Waals surface area contributed by atoms with Crippen LogP contribution in [0.15, 0.2) is 17.2 Å². The van der Waals surface area contributed by atoms with Gasteiger partial charge in [0.15, 0.2) is 0 Å². The van der Waals surface area contributed by atoms with Gasteiger partial charge in [-0.05, 0) is 68.4 Å². The Labute approximate surface area is 147 Å². The van der Waals surface area contributed by atoms with Gasteiger partial charge in [-0.25, -0.2) is 4.98 Å². The van der Waals surface area contributed by atoms with Crippen molar-refractivity contribution in [2.24, 2.45) is 17.8 Å². The largest absolute Gasteiger partial charge is 0.468 e. The lowest BCUT2D eigenvalue weighted by Gasteiger charge is -2.56. The fraction of sp³-hybridized carbons (Fsp3) is 0.632. The number of hydrogen-bond acceptors (Lipinski definition) is 5. The maximum Gasteiger partial charge on any atom is 0.316 e. The summed E-state index contributed by atoms with van der Waals surface area (Å²) in [5.74, 6) is 2.49. The first-order chi connectivity index (χ1) is 11.6. The third-order valence-corrected chi connectivity index (χ3v) is 7.08. The van der Waals surface area contributed by atoms with Crippen molar-refractivity contribution in [3.63, 3.8) is 0 Å². The first kappa shape index (κ1) is 16.0. The molecule has 4 fully saturated rings. The Morgan fingerprint density at radius 1 is 1.29 bits per heavy atom. The first-order valence-electron chi connectivity index (χ1n) is 8.73. The van der Waals surface area contributed by atoms with Crippen LogP contribution in [-0.2, 0) is 14.9 Å². The smallest absolute Gasteiger partial charge is 0.316 e. The predicted octanol–water partition coefficient (Wildman–Crippen LogP) is 3.69. The highest BCUT2D eigenvalue weighted by Crippen LogP contribution is 2.60. The van der Waals surface area contributed by atoms with E-state index < -0.39 is 0 Å². The Bertz CT molecular complexity index is 675. The van der Waals surface area contributed by atoms with Gasteiger partial charge >= 0.3 is 5.97 Å². The van der Waals surface area contributed by atoms with Crippen LogP contribution >= 0.6 is 11.8 Å². The summed E-state index contributed by atoms with van der Waals surface area (Å²) in [4.78, 5) is 16.3. The third-order valence-electron chi connectivity index (χ3n) is 6.12. The molecule has 4 nitrogen and oxygen atoms in total. The van der Waals surface area contributed by atoms with Gasteiger partial charge in [0.05, 0.1) is 18.4 Å². The topological polar surface area (TPSA) is 63.0 Å². The fourth-order valence-electron chi connectivity index (χ4n) is 5.54. The van der Waals surface area contributed by atoms with E-state index in [9.17, 15) is 10.1 Å². The second-order valence-electron chi connectivity index (χ2n) is 7.72. The van der Waals surface area contributed by atoms with E-state index in [0.29, 0.717) is 10.6 Å². The minimum absolute atomic E-state index is 0.197. The van der Waals surface area contributed by atoms with Gasteiger partial charge in [-0.15, -0.1) is 0 Å². The number of aromatic nitrogens is 1. The quantitative estimate of drug-likeness (QED) is 0.617. The predicted molar refractivity (Wildman–Crippen MR) is 91.5 cm³/mol. The van der Waals surface area contributed by atoms with Crippen molar-refractivity contribution in [2.45, 2.75) is 49.0 Å². The van der Waals surface area contributed by atoms with E-state index in [0.717, 1.165) is 23.4 Å². The molecule has 0 N–H and O–H groups in total. The highest BCUT2D eigenvalue weighted by molar-refractivity contribution is 7.99. The molecule has 4 saturated carbocycles. The van der Waals surface area contributed by atoms with E-state index >= 15 is 0 Å². The molecule has 0 unspecified atom stereocenters. The Balaban J connectivity index is 1.64. The van der Waals surface area contributed by atoms with E-state index in [1.54, 1.807) is 0 Å². The number of esters is 1. The summed E-state index contributed by atoms with van der Waals surface area (Å²) in [6.07, 6.45) is 7.95. The van der Waals surface area contributed by atoms with Crippen LogP contribution < -0.4 is 0 Å². The number of carbonyl (C=O) groups excluding carboxylic acids is 1. The zero-order chi connectivity index (χ0) is 16.7. The average Bonchev–Trinajstić information content (AvgIpc) is 2.58. The van der Waals surface area contributed by atoms with E-state index in [1.165, 1.54) is 57.4 Å². The monoisotopic (exact) mass is 342 g/mol. The van der Waals surface area contributed by atoms with E-state index in [1.807, 2.05) is 6.07 Å². The van der Waals surface area contributed by atoms with Crippen LogP contribution in [0.4, 0.5) is 0 Å². The third kappa shape index (κ3) is 2.71. The highest BCUT2D eigenvalue weighted by Gasteiger charge is 2.52. The molecule has 0 radical (unpaired) electrons. The van der Waals surface area contributed by atoms with Crippen LogP contribution in [-0.4, -0.2) is 23.8 Å². The Hall–Kier alpha value is -1.54. The molecular formula is C19H22N2O2S. The van der Waals surface area contributed by atoms with Crippen LogP contribution in [0.2, 0.25) is 0 Å². The van der Waals surface area contributed by atoms with Gasteiger partial charge in [0.1, 0.15) is 11.1 Å². The number of rotatable bonds is 4. The Morgan fingerprint density at radius 3 is 2.46 bits per heavy atom. The Kier molecular flexibility index (Phi) is 4.04. The number of carbonyl (C=O) groups is 1. The van der Waals surface area contributed by atoms with Crippen molar-refractivity contribution in [2.75, 3.05) is 12.9 Å². The van der Waals surface area contributed by atoms with Crippen molar-refractivity contribution in [1.82, 2.24) is 4.98 Å². The lowest BCUT2D eigenvalue weighted by atomic mass is 9.49. The molecule has 4 aliphatic rings. The summed E-state index contributed by atoms with van der Waals surface area (Å²) in [6, 6.07) is 6.16. The second-order valence-corrected chi connectivity index (χ2v) is 8.69. The number of thioether (sulfide) groups is 1. The number of methoxy groups -OCH3 is 1. The summed E-state index contributed by atoms with van der Waals surface area (Å²) in [5, 5.41) is 10.0. The van der Waals surface area contributed by atoms with Gasteiger partial charge in [-0.2, -0.15) is 5.26 Å². The van der Waals surface area contributed by atoms with Gasteiger partial charge < -0.3 is 4.74 Å². The molecule has 4 bridgehead atoms. The molecule has 4 aliphatic carbocycles. The molecule has 1 aromatic rings. The van der Waals surface area contributed by atoms with Crippen LogP contribution in [0, 0.1) is 29.1 Å². The van der Waals surface area contributed by atoms with Gasteiger partial charge in [0, 0.05) is 11.1 Å². The van der Waals surface area contributed by atoms with E-state index in [4.69, 9.17) is 9.72 Å². The zero-order valence-corrected chi connectivity index (χ0v) is 14.8. The molecule has 0 spiro atoms. The molecule has 126 valence electrons. The summed E-state index contributed by atoms with van der Waals surface area (Å²) in [6.45, 7) is 0. The average molecular weight is 342 g/mol. The van der Waals surface area contributed by atoms with Crippen molar-refractivity contribution in [3.05, 3.63) is 23.4 Å². The normalized spacial score (nSPS) is 33.2. The van der Waals surface area contributed by atoms with Crippen molar-refractivity contribution in [1.29, 1.82) is 5.26 Å². The minimum Gasteiger partial charge on any atom is -0.468 e. The maximum absolute atomic E-state index is 11.4. The SMILES string of the molecule is COC(=O)CSc1nc(C23CC4CC(CC(C4)C2)C3)ccc1C#N. The summed E-state index contributed by atoms with van der Waals surface area (Å²) in [5.41, 5.74) is 1.91. The fourth-order valence-corrected chi connectivity index (χ4v) is 6.35. The Morgan fingerprint density at radius 2 is 1.92 bits per heavy atom. The van der Waals surface area contributed by atoms with Gasteiger partial charge in [-0.3, -0.25) is 4.79 Å². The molecule has 5 heteroatoms. The lowest BCUT2D eigenvalue weighted by molar-refractivity contribution is -0.137. The van der Waals surface area contributed by atoms with Crippen molar-refractivity contribution in [3.8, 4) is 6.07 Å². The van der Waals surface area contributed by atoms with Gasteiger partial charge in [0.2, 0.25) is 0 Å². The van der Waals surface area contributed by atoms with E-state index in [2.05, 4.69) is 12.1 Å². The standard InChI is InChI=1S/C19H22N2O2S/c1-23-17(22)11-24-18-15(10-20)2-3-16(21-18)19-7-12-4-13(8-19)6-14(5-12)9-19/h2-3,12-14H,4-9,11H2,1H3. The van der Waals surface area contributed by atoms with Crippen molar-refractivity contribution >= 4 is 17.7 Å². The number of hydrogen-bond donors (Lipinski definition) is 0. The molecule has 0 amide bonds. The number of nitriles is 1. The molecule has 0 atom stereocenters. The molecule has 5 rings (SSSR count). The zero-order valence-electron chi connectivity index (χ0n) is 14.0. The van der Waals surface area contributed by atoms with E-state index in [-0.39, 0.29) is 17.1 Å². The number of nitrogens with zero attached hydrogens (tertiary/aromatic N) is 2. The lowest BCUT2D eigenvalue weighted by Crippen LogP contribution is -2.49. The molecule has 0 aliphatic heterocycles. The number of pyridine rings is 1. The summed E-state index contributed by atoms with van der Waals surface area (Å²) < 4.78 is 4.71. The minimum atomic E-state index is -0.286. The summed E-state index contributed by atoms with van der Waals surface area (Å²) >= 11 is 1.31. The molecule has 24 heavy (non-hydrogen) atoms. The molecule has 1 heterocycles. The maximum atomic E-state index is 11.4. The molecule has 0 saturated heterocycles. The van der Waals surface area contributed by atoms with Gasteiger partial charge in [-0.1, -0.05) is 11.8 Å². The van der Waals surface area contributed by atoms with Crippen LogP contribution in [0.1, 0.15) is 49.8 Å². The molecule has 1 aromatic heterocycles. The van der Waals surface area contributed by atoms with Gasteiger partial charge in [0.25, 0.3) is 0 Å². The van der Waals surface area contributed by atoms with Crippen LogP contribution in [0.5, 0.6) is 0 Å². The highest BCUT2D eigenvalue weighted by atomic mass is 32.2. The van der Waals surface area contributed by atoms with Crippen LogP contribution in [0.3, 0.4) is 0 Å².